The number of benzene rings is 1. The largest absolute Gasteiger partial charge is 0.377 e. The van der Waals surface area contributed by atoms with Gasteiger partial charge in [-0.2, -0.15) is 10.4 Å². The van der Waals surface area contributed by atoms with E-state index in [1.54, 1.807) is 6.08 Å². The molecule has 1 aromatic heterocycles. The van der Waals surface area contributed by atoms with E-state index < -0.39 is 0 Å². The second kappa shape index (κ2) is 7.91. The number of ether oxygens (including phenoxy) is 1. The zero-order valence-corrected chi connectivity index (χ0v) is 13.8. The standard InChI is InChI=1S/C19H22N4O/c1-2-8-24-15-18-12-22(14-19-6-7-21-23(19)13-18)11-17-5-3-4-16(9-17)10-20/h2-7,9,18H,1,8,11-15H2/t18-/m1/s1. The molecule has 5 nitrogen and oxygen atoms in total. The lowest BCUT2D eigenvalue weighted by atomic mass is 10.1. The van der Waals surface area contributed by atoms with Crippen LogP contribution in [0.25, 0.3) is 0 Å². The zero-order chi connectivity index (χ0) is 16.8. The molecule has 0 fully saturated rings. The molecular weight excluding hydrogens is 300 g/mol. The minimum atomic E-state index is 0.380. The summed E-state index contributed by atoms with van der Waals surface area (Å²) in [6.07, 6.45) is 3.64. The first kappa shape index (κ1) is 16.4. The average Bonchev–Trinajstić information content (AvgIpc) is 2.95. The molecule has 2 aromatic rings. The average molecular weight is 322 g/mol. The smallest absolute Gasteiger partial charge is 0.0991 e. The van der Waals surface area contributed by atoms with Crippen molar-refractivity contribution in [2.24, 2.45) is 5.92 Å². The van der Waals surface area contributed by atoms with Crippen molar-refractivity contribution in [3.63, 3.8) is 0 Å². The maximum Gasteiger partial charge on any atom is 0.0991 e. The quantitative estimate of drug-likeness (QED) is 0.606. The third-order valence-electron chi connectivity index (χ3n) is 4.19. The first-order valence-corrected chi connectivity index (χ1v) is 8.19. The minimum absolute atomic E-state index is 0.380. The molecule has 0 amide bonds. The summed E-state index contributed by atoms with van der Waals surface area (Å²) in [6, 6.07) is 12.1. The Kier molecular flexibility index (Phi) is 5.42. The van der Waals surface area contributed by atoms with Crippen LogP contribution in [0.15, 0.2) is 49.2 Å². The van der Waals surface area contributed by atoms with Gasteiger partial charge >= 0.3 is 0 Å². The molecule has 3 rings (SSSR count). The summed E-state index contributed by atoms with van der Waals surface area (Å²) in [6.45, 7) is 8.45. The maximum absolute atomic E-state index is 9.08. The van der Waals surface area contributed by atoms with Gasteiger partial charge in [-0.3, -0.25) is 9.58 Å². The van der Waals surface area contributed by atoms with E-state index >= 15 is 0 Å². The predicted molar refractivity (Wildman–Crippen MR) is 92.0 cm³/mol. The fourth-order valence-corrected chi connectivity index (χ4v) is 3.16. The summed E-state index contributed by atoms with van der Waals surface area (Å²) >= 11 is 0. The Morgan fingerprint density at radius 3 is 3.12 bits per heavy atom. The van der Waals surface area contributed by atoms with Crippen LogP contribution in [0.3, 0.4) is 0 Å². The van der Waals surface area contributed by atoms with E-state index in [-0.39, 0.29) is 0 Å². The Hall–Kier alpha value is -2.42. The summed E-state index contributed by atoms with van der Waals surface area (Å²) in [5.74, 6) is 0.380. The molecule has 24 heavy (non-hydrogen) atoms. The van der Waals surface area contributed by atoms with Gasteiger partial charge in [0.05, 0.1) is 30.5 Å². The highest BCUT2D eigenvalue weighted by molar-refractivity contribution is 5.32. The van der Waals surface area contributed by atoms with Crippen molar-refractivity contribution < 1.29 is 4.74 Å². The van der Waals surface area contributed by atoms with E-state index in [1.807, 2.05) is 24.4 Å². The van der Waals surface area contributed by atoms with Crippen LogP contribution in [0.1, 0.15) is 16.8 Å². The van der Waals surface area contributed by atoms with Crippen LogP contribution in [0.2, 0.25) is 0 Å². The van der Waals surface area contributed by atoms with Crippen molar-refractivity contribution in [3.8, 4) is 6.07 Å². The summed E-state index contributed by atoms with van der Waals surface area (Å²) in [5.41, 5.74) is 3.09. The first-order valence-electron chi connectivity index (χ1n) is 8.19. The van der Waals surface area contributed by atoms with Gasteiger partial charge < -0.3 is 4.74 Å². The number of rotatable bonds is 6. The lowest BCUT2D eigenvalue weighted by molar-refractivity contribution is 0.0932. The number of fused-ring (bicyclic) bond motifs is 1. The Morgan fingerprint density at radius 2 is 2.29 bits per heavy atom. The lowest BCUT2D eigenvalue weighted by Crippen LogP contribution is -2.30. The normalized spacial score (nSPS) is 17.7. The molecule has 1 aromatic carbocycles. The van der Waals surface area contributed by atoms with Crippen molar-refractivity contribution in [2.45, 2.75) is 19.6 Å². The molecule has 0 saturated heterocycles. The molecule has 0 unspecified atom stereocenters. The van der Waals surface area contributed by atoms with Crippen LogP contribution in [0.5, 0.6) is 0 Å². The van der Waals surface area contributed by atoms with Gasteiger partial charge in [-0.15, -0.1) is 6.58 Å². The van der Waals surface area contributed by atoms with Gasteiger partial charge in [0.15, 0.2) is 0 Å². The molecule has 1 atom stereocenters. The molecule has 124 valence electrons. The minimum Gasteiger partial charge on any atom is -0.377 e. The van der Waals surface area contributed by atoms with E-state index in [1.165, 1.54) is 5.69 Å². The van der Waals surface area contributed by atoms with Gasteiger partial charge in [0.25, 0.3) is 0 Å². The van der Waals surface area contributed by atoms with Gasteiger partial charge in [0, 0.05) is 38.3 Å². The van der Waals surface area contributed by atoms with Crippen LogP contribution in [-0.4, -0.2) is 34.4 Å². The maximum atomic E-state index is 9.08. The van der Waals surface area contributed by atoms with Crippen molar-refractivity contribution in [1.82, 2.24) is 14.7 Å². The highest BCUT2D eigenvalue weighted by atomic mass is 16.5. The van der Waals surface area contributed by atoms with E-state index in [9.17, 15) is 0 Å². The van der Waals surface area contributed by atoms with Crippen LogP contribution >= 0.6 is 0 Å². The zero-order valence-electron chi connectivity index (χ0n) is 13.8. The van der Waals surface area contributed by atoms with E-state index in [4.69, 9.17) is 10.00 Å². The topological polar surface area (TPSA) is 54.1 Å². The molecule has 0 aliphatic carbocycles. The Bertz CT molecular complexity index is 731. The molecule has 0 saturated carbocycles. The Labute approximate surface area is 142 Å². The number of hydrogen-bond donors (Lipinski definition) is 0. The molecule has 0 N–H and O–H groups in total. The number of nitrogens with zero attached hydrogens (tertiary/aromatic N) is 4. The second-order valence-electron chi connectivity index (χ2n) is 6.18. The fraction of sp³-hybridized carbons (Fsp3) is 0.368. The van der Waals surface area contributed by atoms with Crippen molar-refractivity contribution in [3.05, 3.63) is 66.0 Å². The SMILES string of the molecule is C=CCOC[C@@H]1CN(Cc2cccc(C#N)c2)Cc2ccnn2C1. The van der Waals surface area contributed by atoms with Crippen LogP contribution in [0, 0.1) is 17.2 Å². The van der Waals surface area contributed by atoms with E-state index in [0.717, 1.165) is 31.7 Å². The molecule has 0 spiro atoms. The van der Waals surface area contributed by atoms with Crippen LogP contribution in [0.4, 0.5) is 0 Å². The van der Waals surface area contributed by atoms with Gasteiger partial charge in [-0.05, 0) is 23.8 Å². The summed E-state index contributed by atoms with van der Waals surface area (Å²) in [5, 5.41) is 13.5. The fourth-order valence-electron chi connectivity index (χ4n) is 3.16. The van der Waals surface area contributed by atoms with Gasteiger partial charge in [0.1, 0.15) is 0 Å². The molecule has 1 aliphatic heterocycles. The van der Waals surface area contributed by atoms with Crippen LogP contribution in [-0.2, 0) is 24.4 Å². The van der Waals surface area contributed by atoms with Gasteiger partial charge in [-0.1, -0.05) is 18.2 Å². The highest BCUT2D eigenvalue weighted by Gasteiger charge is 2.22. The number of nitriles is 1. The van der Waals surface area contributed by atoms with E-state index in [2.05, 4.69) is 39.5 Å². The van der Waals surface area contributed by atoms with E-state index in [0.29, 0.717) is 24.7 Å². The van der Waals surface area contributed by atoms with Crippen molar-refractivity contribution in [1.29, 1.82) is 5.26 Å². The summed E-state index contributed by atoms with van der Waals surface area (Å²) < 4.78 is 7.75. The summed E-state index contributed by atoms with van der Waals surface area (Å²) in [7, 11) is 0. The monoisotopic (exact) mass is 322 g/mol. The molecular formula is C19H22N4O. The third kappa shape index (κ3) is 4.10. The lowest BCUT2D eigenvalue weighted by Gasteiger charge is -2.23. The summed E-state index contributed by atoms with van der Waals surface area (Å²) in [4.78, 5) is 2.40. The molecule has 2 heterocycles. The van der Waals surface area contributed by atoms with Gasteiger partial charge in [-0.25, -0.2) is 0 Å². The van der Waals surface area contributed by atoms with Gasteiger partial charge in [0.2, 0.25) is 0 Å². The highest BCUT2D eigenvalue weighted by Crippen LogP contribution is 2.19. The predicted octanol–water partition coefficient (Wildman–Crippen LogP) is 2.59. The Balaban J connectivity index is 1.73. The third-order valence-corrected chi connectivity index (χ3v) is 4.19. The number of hydrogen-bond acceptors (Lipinski definition) is 4. The number of aromatic nitrogens is 2. The Morgan fingerprint density at radius 1 is 1.38 bits per heavy atom. The van der Waals surface area contributed by atoms with Crippen LogP contribution < -0.4 is 0 Å². The molecule has 1 aliphatic rings. The molecule has 0 radical (unpaired) electrons. The molecule has 5 heteroatoms. The molecule has 0 bridgehead atoms. The first-order chi connectivity index (χ1) is 11.8. The van der Waals surface area contributed by atoms with Crippen molar-refractivity contribution in [2.75, 3.05) is 19.8 Å². The second-order valence-corrected chi connectivity index (χ2v) is 6.18. The van der Waals surface area contributed by atoms with Crippen molar-refractivity contribution >= 4 is 0 Å².